The predicted molar refractivity (Wildman–Crippen MR) is 71.8 cm³/mol. The molecule has 0 atom stereocenters. The van der Waals surface area contributed by atoms with Crippen molar-refractivity contribution in [2.75, 3.05) is 20.6 Å². The second-order valence-electron chi connectivity index (χ2n) is 4.15. The van der Waals surface area contributed by atoms with Crippen molar-refractivity contribution in [1.82, 2.24) is 24.2 Å². The first-order valence-corrected chi connectivity index (χ1v) is 7.34. The van der Waals surface area contributed by atoms with Gasteiger partial charge in [0, 0.05) is 33.3 Å². The van der Waals surface area contributed by atoms with E-state index in [0.717, 1.165) is 4.31 Å². The van der Waals surface area contributed by atoms with Gasteiger partial charge in [0.15, 0.2) is 0 Å². The molecule has 0 aromatic carbocycles. The van der Waals surface area contributed by atoms with E-state index in [4.69, 9.17) is 4.42 Å². The molecule has 0 amide bonds. The molecule has 8 nitrogen and oxygen atoms in total. The summed E-state index contributed by atoms with van der Waals surface area (Å²) in [4.78, 5) is 4.09. The SMILES string of the molecule is CN(C)S(=O)(=O)NCCc1nnc(-c2ccccn2)o1. The van der Waals surface area contributed by atoms with Crippen LogP contribution in [0, 0.1) is 0 Å². The zero-order valence-electron chi connectivity index (χ0n) is 11.1. The van der Waals surface area contributed by atoms with Crippen molar-refractivity contribution >= 4 is 10.2 Å². The first-order valence-electron chi connectivity index (χ1n) is 5.90. The molecule has 20 heavy (non-hydrogen) atoms. The van der Waals surface area contributed by atoms with Crippen molar-refractivity contribution < 1.29 is 12.8 Å². The fourth-order valence-electron chi connectivity index (χ4n) is 1.36. The zero-order valence-corrected chi connectivity index (χ0v) is 12.0. The molecule has 2 aromatic heterocycles. The minimum Gasteiger partial charge on any atom is -0.419 e. The van der Waals surface area contributed by atoms with E-state index in [2.05, 4.69) is 19.9 Å². The molecule has 0 saturated carbocycles. The van der Waals surface area contributed by atoms with Gasteiger partial charge < -0.3 is 4.42 Å². The first kappa shape index (κ1) is 14.6. The number of hydrogen-bond acceptors (Lipinski definition) is 6. The summed E-state index contributed by atoms with van der Waals surface area (Å²) in [7, 11) is -0.527. The van der Waals surface area contributed by atoms with Gasteiger partial charge in [0.05, 0.1) is 0 Å². The fraction of sp³-hybridized carbons (Fsp3) is 0.364. The first-order chi connectivity index (χ1) is 9.49. The molecule has 0 unspecified atom stereocenters. The highest BCUT2D eigenvalue weighted by Crippen LogP contribution is 2.14. The monoisotopic (exact) mass is 297 g/mol. The molecule has 0 spiro atoms. The molecular formula is C11H15N5O3S. The van der Waals surface area contributed by atoms with E-state index in [9.17, 15) is 8.42 Å². The molecule has 2 aromatic rings. The van der Waals surface area contributed by atoms with Gasteiger partial charge in [-0.05, 0) is 12.1 Å². The minimum atomic E-state index is -3.43. The highest BCUT2D eigenvalue weighted by Gasteiger charge is 2.13. The van der Waals surface area contributed by atoms with Gasteiger partial charge in [-0.15, -0.1) is 10.2 Å². The number of pyridine rings is 1. The number of nitrogens with zero attached hydrogens (tertiary/aromatic N) is 4. The van der Waals surface area contributed by atoms with Crippen LogP contribution in [0.5, 0.6) is 0 Å². The molecule has 2 rings (SSSR count). The Kier molecular flexibility index (Phi) is 4.42. The normalized spacial score (nSPS) is 11.9. The molecule has 0 fully saturated rings. The fourth-order valence-corrected chi connectivity index (χ4v) is 1.98. The zero-order chi connectivity index (χ0) is 14.6. The van der Waals surface area contributed by atoms with Gasteiger partial charge in [-0.25, -0.2) is 4.72 Å². The summed E-state index contributed by atoms with van der Waals surface area (Å²) in [5.74, 6) is 0.670. The van der Waals surface area contributed by atoms with Crippen LogP contribution in [0.1, 0.15) is 5.89 Å². The van der Waals surface area contributed by atoms with E-state index in [1.807, 2.05) is 6.07 Å². The molecule has 2 heterocycles. The van der Waals surface area contributed by atoms with Gasteiger partial charge in [-0.2, -0.15) is 12.7 Å². The Balaban J connectivity index is 1.94. The van der Waals surface area contributed by atoms with Crippen molar-refractivity contribution in [3.8, 4) is 11.6 Å². The van der Waals surface area contributed by atoms with E-state index in [0.29, 0.717) is 23.9 Å². The predicted octanol–water partition coefficient (Wildman–Crippen LogP) is 0.0701. The Bertz CT molecular complexity index is 654. The summed E-state index contributed by atoms with van der Waals surface area (Å²) >= 11 is 0. The van der Waals surface area contributed by atoms with Crippen LogP contribution in [0.25, 0.3) is 11.6 Å². The highest BCUT2D eigenvalue weighted by molar-refractivity contribution is 7.87. The molecule has 0 radical (unpaired) electrons. The van der Waals surface area contributed by atoms with Gasteiger partial charge in [0.25, 0.3) is 16.1 Å². The van der Waals surface area contributed by atoms with Crippen LogP contribution in [0.4, 0.5) is 0 Å². The molecule has 0 aliphatic heterocycles. The van der Waals surface area contributed by atoms with Gasteiger partial charge in [0.2, 0.25) is 5.89 Å². The maximum absolute atomic E-state index is 11.5. The quantitative estimate of drug-likeness (QED) is 0.809. The summed E-state index contributed by atoms with van der Waals surface area (Å²) in [6.45, 7) is 0.185. The Morgan fingerprint density at radius 2 is 2.10 bits per heavy atom. The largest absolute Gasteiger partial charge is 0.419 e. The van der Waals surface area contributed by atoms with Crippen LogP contribution >= 0.6 is 0 Å². The van der Waals surface area contributed by atoms with E-state index >= 15 is 0 Å². The maximum Gasteiger partial charge on any atom is 0.278 e. The van der Waals surface area contributed by atoms with Crippen molar-refractivity contribution in [2.24, 2.45) is 0 Å². The number of rotatable bonds is 6. The smallest absolute Gasteiger partial charge is 0.278 e. The number of aromatic nitrogens is 3. The second-order valence-corrected chi connectivity index (χ2v) is 6.12. The number of hydrogen-bond donors (Lipinski definition) is 1. The molecule has 0 aliphatic rings. The molecule has 0 bridgehead atoms. The lowest BCUT2D eigenvalue weighted by molar-refractivity contribution is 0.487. The Labute approximate surface area is 117 Å². The third-order valence-corrected chi connectivity index (χ3v) is 3.99. The van der Waals surface area contributed by atoms with Crippen LogP contribution in [0.2, 0.25) is 0 Å². The van der Waals surface area contributed by atoms with Crippen molar-refractivity contribution in [3.05, 3.63) is 30.3 Å². The van der Waals surface area contributed by atoms with Crippen LogP contribution < -0.4 is 4.72 Å². The van der Waals surface area contributed by atoms with Crippen LogP contribution in [-0.2, 0) is 16.6 Å². The third-order valence-electron chi connectivity index (χ3n) is 2.45. The standard InChI is InChI=1S/C11H15N5O3S/c1-16(2)20(17,18)13-8-6-10-14-15-11(19-10)9-5-3-4-7-12-9/h3-5,7,13H,6,8H2,1-2H3. The summed E-state index contributed by atoms with van der Waals surface area (Å²) in [5, 5.41) is 7.72. The molecular weight excluding hydrogens is 282 g/mol. The Morgan fingerprint density at radius 3 is 2.75 bits per heavy atom. The average molecular weight is 297 g/mol. The lowest BCUT2D eigenvalue weighted by Gasteiger charge is -2.11. The minimum absolute atomic E-state index is 0.185. The summed E-state index contributed by atoms with van der Waals surface area (Å²) < 4.78 is 31.9. The van der Waals surface area contributed by atoms with Gasteiger partial charge in [0.1, 0.15) is 5.69 Å². The lowest BCUT2D eigenvalue weighted by Crippen LogP contribution is -2.36. The lowest BCUT2D eigenvalue weighted by atomic mass is 10.3. The molecule has 9 heteroatoms. The van der Waals surface area contributed by atoms with Gasteiger partial charge >= 0.3 is 0 Å². The molecule has 1 N–H and O–H groups in total. The van der Waals surface area contributed by atoms with Crippen molar-refractivity contribution in [3.63, 3.8) is 0 Å². The van der Waals surface area contributed by atoms with Crippen molar-refractivity contribution in [2.45, 2.75) is 6.42 Å². The van der Waals surface area contributed by atoms with Crippen LogP contribution in [0.15, 0.2) is 28.8 Å². The van der Waals surface area contributed by atoms with E-state index in [-0.39, 0.29) is 6.54 Å². The van der Waals surface area contributed by atoms with E-state index < -0.39 is 10.2 Å². The van der Waals surface area contributed by atoms with Gasteiger partial charge in [-0.1, -0.05) is 6.07 Å². The topological polar surface area (TPSA) is 101 Å². The Hall–Kier alpha value is -1.84. The summed E-state index contributed by atoms with van der Waals surface area (Å²) in [5.41, 5.74) is 0.583. The average Bonchev–Trinajstić information content (AvgIpc) is 2.88. The van der Waals surface area contributed by atoms with Crippen molar-refractivity contribution in [1.29, 1.82) is 0 Å². The van der Waals surface area contributed by atoms with Crippen LogP contribution in [-0.4, -0.2) is 48.5 Å². The highest BCUT2D eigenvalue weighted by atomic mass is 32.2. The van der Waals surface area contributed by atoms with E-state index in [1.165, 1.54) is 14.1 Å². The molecule has 0 saturated heterocycles. The second kappa shape index (κ2) is 6.07. The molecule has 108 valence electrons. The number of nitrogens with one attached hydrogen (secondary N) is 1. The Morgan fingerprint density at radius 1 is 1.30 bits per heavy atom. The maximum atomic E-state index is 11.5. The van der Waals surface area contributed by atoms with Gasteiger partial charge in [-0.3, -0.25) is 4.98 Å². The van der Waals surface area contributed by atoms with Crippen LogP contribution in [0.3, 0.4) is 0 Å². The summed E-state index contributed by atoms with van der Waals surface area (Å²) in [6.07, 6.45) is 1.94. The third kappa shape index (κ3) is 3.59. The summed E-state index contributed by atoms with van der Waals surface area (Å²) in [6, 6.07) is 5.36. The molecule has 0 aliphatic carbocycles. The van der Waals surface area contributed by atoms with E-state index in [1.54, 1.807) is 18.3 Å².